The molecule has 3 nitrogen and oxygen atoms in total. The zero-order chi connectivity index (χ0) is 17.7. The van der Waals surface area contributed by atoms with Crippen molar-refractivity contribution in [3.8, 4) is 5.75 Å². The number of amides is 1. The van der Waals surface area contributed by atoms with E-state index in [1.165, 1.54) is 24.9 Å². The van der Waals surface area contributed by atoms with Crippen molar-refractivity contribution in [1.29, 1.82) is 0 Å². The molecule has 128 valence electrons. The summed E-state index contributed by atoms with van der Waals surface area (Å²) in [5.41, 5.74) is 2.02. The predicted molar refractivity (Wildman–Crippen MR) is 98.9 cm³/mol. The molecule has 1 N–H and O–H groups in total. The van der Waals surface area contributed by atoms with E-state index in [9.17, 15) is 9.18 Å². The van der Waals surface area contributed by atoms with Crippen LogP contribution in [0.2, 0.25) is 10.0 Å². The van der Waals surface area contributed by atoms with Crippen molar-refractivity contribution < 1.29 is 13.9 Å². The fourth-order valence-corrected chi connectivity index (χ4v) is 3.25. The average Bonchev–Trinajstić information content (AvgIpc) is 2.55. The lowest BCUT2D eigenvalue weighted by atomic mass is 10.2. The smallest absolute Gasteiger partial charge is 0.234 e. The van der Waals surface area contributed by atoms with E-state index in [-0.39, 0.29) is 17.4 Å². The van der Waals surface area contributed by atoms with Gasteiger partial charge >= 0.3 is 0 Å². The lowest BCUT2D eigenvalue weighted by Crippen LogP contribution is -2.15. The molecule has 2 aromatic rings. The first kappa shape index (κ1) is 18.9. The summed E-state index contributed by atoms with van der Waals surface area (Å²) in [5.74, 6) is 0.268. The minimum atomic E-state index is -0.418. The summed E-state index contributed by atoms with van der Waals surface area (Å²) >= 11 is 13.6. The Labute approximate surface area is 154 Å². The molecular weight excluding hydrogens is 372 g/mol. The standard InChI is InChI=1S/C17H16Cl2FNO2S/c1-10-3-5-12(18)17(16(10)19)21-15(22)9-24-8-11-4-6-14(23-2)13(20)7-11/h3-7H,8-9H2,1-2H3,(H,21,22). The van der Waals surface area contributed by atoms with E-state index in [2.05, 4.69) is 5.32 Å². The lowest BCUT2D eigenvalue weighted by molar-refractivity contribution is -0.113. The first-order valence-corrected chi connectivity index (χ1v) is 8.98. The molecular formula is C17H16Cl2FNO2S. The largest absolute Gasteiger partial charge is 0.494 e. The van der Waals surface area contributed by atoms with Crippen molar-refractivity contribution in [2.45, 2.75) is 12.7 Å². The number of carbonyl (C=O) groups excluding carboxylic acids is 1. The van der Waals surface area contributed by atoms with Crippen LogP contribution in [-0.4, -0.2) is 18.8 Å². The molecule has 0 bridgehead atoms. The molecule has 0 atom stereocenters. The number of anilines is 1. The number of nitrogens with one attached hydrogen (secondary N) is 1. The molecule has 24 heavy (non-hydrogen) atoms. The van der Waals surface area contributed by atoms with E-state index in [1.807, 2.05) is 6.92 Å². The minimum absolute atomic E-state index is 0.199. The average molecular weight is 388 g/mol. The van der Waals surface area contributed by atoms with Gasteiger partial charge in [0.1, 0.15) is 0 Å². The second kappa shape index (κ2) is 8.60. The van der Waals surface area contributed by atoms with Crippen LogP contribution in [0.5, 0.6) is 5.75 Å². The van der Waals surface area contributed by atoms with Crippen LogP contribution in [0.4, 0.5) is 10.1 Å². The van der Waals surface area contributed by atoms with Gasteiger partial charge in [0.05, 0.1) is 28.6 Å². The zero-order valence-corrected chi connectivity index (χ0v) is 15.5. The van der Waals surface area contributed by atoms with Gasteiger partial charge in [0.25, 0.3) is 0 Å². The molecule has 1 amide bonds. The Hall–Kier alpha value is -1.43. The van der Waals surface area contributed by atoms with Gasteiger partial charge in [0, 0.05) is 5.75 Å². The summed E-state index contributed by atoms with van der Waals surface area (Å²) in [7, 11) is 1.42. The Balaban J connectivity index is 1.90. The molecule has 0 unspecified atom stereocenters. The van der Waals surface area contributed by atoms with E-state index in [0.29, 0.717) is 21.5 Å². The van der Waals surface area contributed by atoms with Crippen LogP contribution in [-0.2, 0) is 10.5 Å². The molecule has 2 rings (SSSR count). The summed E-state index contributed by atoms with van der Waals surface area (Å²) in [6.07, 6.45) is 0. The Morgan fingerprint density at radius 3 is 2.71 bits per heavy atom. The van der Waals surface area contributed by atoms with Gasteiger partial charge in [-0.25, -0.2) is 4.39 Å². The highest BCUT2D eigenvalue weighted by Crippen LogP contribution is 2.33. The van der Waals surface area contributed by atoms with Crippen molar-refractivity contribution in [2.75, 3.05) is 18.2 Å². The Morgan fingerprint density at radius 2 is 2.04 bits per heavy atom. The first-order valence-electron chi connectivity index (χ1n) is 7.07. The monoisotopic (exact) mass is 387 g/mol. The highest BCUT2D eigenvalue weighted by Gasteiger charge is 2.12. The molecule has 0 fully saturated rings. The fraction of sp³-hybridized carbons (Fsp3) is 0.235. The third-order valence-corrected chi connectivity index (χ3v) is 5.07. The Kier molecular flexibility index (Phi) is 6.78. The predicted octanol–water partition coefficient (Wildman–Crippen LogP) is 5.32. The summed E-state index contributed by atoms with van der Waals surface area (Å²) in [4.78, 5) is 12.0. The zero-order valence-electron chi connectivity index (χ0n) is 13.2. The van der Waals surface area contributed by atoms with Crippen LogP contribution in [0.1, 0.15) is 11.1 Å². The fourth-order valence-electron chi connectivity index (χ4n) is 2.01. The van der Waals surface area contributed by atoms with E-state index in [0.717, 1.165) is 11.1 Å². The van der Waals surface area contributed by atoms with Crippen molar-refractivity contribution >= 4 is 46.6 Å². The van der Waals surface area contributed by atoms with Crippen LogP contribution in [0.15, 0.2) is 30.3 Å². The topological polar surface area (TPSA) is 38.3 Å². The van der Waals surface area contributed by atoms with Crippen LogP contribution in [0.3, 0.4) is 0 Å². The van der Waals surface area contributed by atoms with Gasteiger partial charge in [-0.05, 0) is 36.2 Å². The van der Waals surface area contributed by atoms with Crippen LogP contribution in [0.25, 0.3) is 0 Å². The number of methoxy groups -OCH3 is 1. The molecule has 0 saturated heterocycles. The normalized spacial score (nSPS) is 10.5. The van der Waals surface area contributed by atoms with Gasteiger partial charge in [0.15, 0.2) is 11.6 Å². The van der Waals surface area contributed by atoms with Gasteiger partial charge in [-0.3, -0.25) is 4.79 Å². The van der Waals surface area contributed by atoms with Gasteiger partial charge in [-0.2, -0.15) is 0 Å². The summed E-state index contributed by atoms with van der Waals surface area (Å²) in [6, 6.07) is 8.20. The van der Waals surface area contributed by atoms with Crippen molar-refractivity contribution in [1.82, 2.24) is 0 Å². The Bertz CT molecular complexity index is 756. The maximum atomic E-state index is 13.6. The summed E-state index contributed by atoms with van der Waals surface area (Å²) in [5, 5.41) is 3.54. The minimum Gasteiger partial charge on any atom is -0.494 e. The number of hydrogen-bond donors (Lipinski definition) is 1. The second-order valence-corrected chi connectivity index (χ2v) is 6.83. The number of carbonyl (C=O) groups is 1. The number of hydrogen-bond acceptors (Lipinski definition) is 3. The van der Waals surface area contributed by atoms with E-state index in [4.69, 9.17) is 27.9 Å². The first-order chi connectivity index (χ1) is 11.4. The lowest BCUT2D eigenvalue weighted by Gasteiger charge is -2.11. The van der Waals surface area contributed by atoms with Gasteiger partial charge in [0.2, 0.25) is 5.91 Å². The number of benzene rings is 2. The summed E-state index contributed by atoms with van der Waals surface area (Å²) < 4.78 is 18.5. The molecule has 0 aliphatic rings. The molecule has 0 saturated carbocycles. The highest BCUT2D eigenvalue weighted by molar-refractivity contribution is 7.99. The maximum absolute atomic E-state index is 13.6. The second-order valence-electron chi connectivity index (χ2n) is 5.06. The SMILES string of the molecule is COc1ccc(CSCC(=O)Nc2c(Cl)ccc(C)c2Cl)cc1F. The molecule has 0 heterocycles. The molecule has 0 spiro atoms. The number of halogens is 3. The highest BCUT2D eigenvalue weighted by atomic mass is 35.5. The number of aryl methyl sites for hydroxylation is 1. The summed E-state index contributed by atoms with van der Waals surface area (Å²) in [6.45, 7) is 1.83. The molecule has 2 aromatic carbocycles. The van der Waals surface area contributed by atoms with Gasteiger partial charge in [-0.1, -0.05) is 35.3 Å². The van der Waals surface area contributed by atoms with Crippen LogP contribution < -0.4 is 10.1 Å². The number of rotatable bonds is 6. The molecule has 0 radical (unpaired) electrons. The molecule has 0 aliphatic carbocycles. The third kappa shape index (κ3) is 4.79. The maximum Gasteiger partial charge on any atom is 0.234 e. The van der Waals surface area contributed by atoms with Crippen LogP contribution >= 0.6 is 35.0 Å². The Morgan fingerprint density at radius 1 is 1.29 bits per heavy atom. The van der Waals surface area contributed by atoms with E-state index >= 15 is 0 Å². The third-order valence-electron chi connectivity index (χ3n) is 3.27. The number of ether oxygens (including phenoxy) is 1. The van der Waals surface area contributed by atoms with E-state index < -0.39 is 5.82 Å². The van der Waals surface area contributed by atoms with Crippen LogP contribution in [0, 0.1) is 12.7 Å². The van der Waals surface area contributed by atoms with Gasteiger partial charge in [-0.15, -0.1) is 11.8 Å². The van der Waals surface area contributed by atoms with Gasteiger partial charge < -0.3 is 10.1 Å². The van der Waals surface area contributed by atoms with Crippen molar-refractivity contribution in [3.05, 3.63) is 57.3 Å². The van der Waals surface area contributed by atoms with Crippen molar-refractivity contribution in [2.24, 2.45) is 0 Å². The number of thioether (sulfide) groups is 1. The molecule has 0 aromatic heterocycles. The molecule has 0 aliphatic heterocycles. The van der Waals surface area contributed by atoms with E-state index in [1.54, 1.807) is 24.3 Å². The quantitative estimate of drug-likeness (QED) is 0.728. The molecule has 7 heteroatoms. The van der Waals surface area contributed by atoms with Crippen molar-refractivity contribution in [3.63, 3.8) is 0 Å².